The van der Waals surface area contributed by atoms with Crippen LogP contribution in [0.2, 0.25) is 5.02 Å². The largest absolute Gasteiger partial charge is 0.373 e. The Morgan fingerprint density at radius 3 is 2.39 bits per heavy atom. The van der Waals surface area contributed by atoms with Crippen LogP contribution in [0.25, 0.3) is 0 Å². The zero-order chi connectivity index (χ0) is 19.9. The summed E-state index contributed by atoms with van der Waals surface area (Å²) in [6.07, 6.45) is -0.176. The quantitative estimate of drug-likeness (QED) is 0.313. The number of halogens is 2. The molecule has 1 aliphatic heterocycles. The Labute approximate surface area is 190 Å². The summed E-state index contributed by atoms with van der Waals surface area (Å²) in [5, 5.41) is 6.91. The lowest BCUT2D eigenvalue weighted by molar-refractivity contribution is -0.0440. The van der Waals surface area contributed by atoms with Gasteiger partial charge in [-0.15, -0.1) is 24.0 Å². The first-order chi connectivity index (χ1) is 12.8. The van der Waals surface area contributed by atoms with Crippen molar-refractivity contribution in [2.24, 2.45) is 4.99 Å². The van der Waals surface area contributed by atoms with Crippen molar-refractivity contribution in [1.82, 2.24) is 14.9 Å². The first kappa shape index (κ1) is 25.4. The minimum Gasteiger partial charge on any atom is -0.373 e. The molecular weight excluding hydrogens is 515 g/mol. The summed E-state index contributed by atoms with van der Waals surface area (Å²) in [4.78, 5) is 4.49. The van der Waals surface area contributed by atoms with E-state index in [1.807, 2.05) is 45.0 Å². The number of nitrogens with one attached hydrogen (secondary N) is 2. The van der Waals surface area contributed by atoms with E-state index in [-0.39, 0.29) is 48.5 Å². The summed E-state index contributed by atoms with van der Waals surface area (Å²) in [5.41, 5.74) is 1.03. The fourth-order valence-electron chi connectivity index (χ4n) is 2.89. The average Bonchev–Trinajstić information content (AvgIpc) is 2.60. The number of guanidine groups is 1. The summed E-state index contributed by atoms with van der Waals surface area (Å²) >= 11 is 5.89. The van der Waals surface area contributed by atoms with Crippen molar-refractivity contribution in [2.75, 3.05) is 31.9 Å². The molecular formula is C18H30ClIN4O3S. The Bertz CT molecular complexity index is 721. The Morgan fingerprint density at radius 1 is 1.21 bits per heavy atom. The Balaban J connectivity index is 0.00000392. The van der Waals surface area contributed by atoms with Crippen LogP contribution < -0.4 is 10.6 Å². The van der Waals surface area contributed by atoms with Crippen molar-refractivity contribution in [1.29, 1.82) is 0 Å². The van der Waals surface area contributed by atoms with Gasteiger partial charge in [0.25, 0.3) is 0 Å². The van der Waals surface area contributed by atoms with Gasteiger partial charge in [-0.05, 0) is 38.5 Å². The molecule has 2 N–H and O–H groups in total. The lowest BCUT2D eigenvalue weighted by Crippen LogP contribution is -2.50. The molecule has 7 nitrogen and oxygen atoms in total. The zero-order valence-corrected chi connectivity index (χ0v) is 20.4. The summed E-state index contributed by atoms with van der Waals surface area (Å²) < 4.78 is 32.3. The van der Waals surface area contributed by atoms with Gasteiger partial charge in [-0.1, -0.05) is 23.7 Å². The number of sulfonamides is 1. The highest BCUT2D eigenvalue weighted by Crippen LogP contribution is 2.14. The average molecular weight is 545 g/mol. The van der Waals surface area contributed by atoms with Crippen LogP contribution in [-0.4, -0.2) is 62.8 Å². The number of hydrogen-bond donors (Lipinski definition) is 2. The highest BCUT2D eigenvalue weighted by Gasteiger charge is 2.30. The summed E-state index contributed by atoms with van der Waals surface area (Å²) in [7, 11) is -3.34. The molecule has 2 unspecified atom stereocenters. The monoisotopic (exact) mass is 544 g/mol. The molecule has 1 aromatic rings. The Hall–Kier alpha value is -0.620. The molecule has 0 aliphatic carbocycles. The predicted octanol–water partition coefficient (Wildman–Crippen LogP) is 2.45. The molecule has 1 aromatic carbocycles. The van der Waals surface area contributed by atoms with Crippen LogP contribution >= 0.6 is 35.6 Å². The van der Waals surface area contributed by atoms with Gasteiger partial charge >= 0.3 is 0 Å². The van der Waals surface area contributed by atoms with Crippen molar-refractivity contribution in [2.45, 2.75) is 39.5 Å². The van der Waals surface area contributed by atoms with Crippen molar-refractivity contribution >= 4 is 51.6 Å². The second-order valence-corrected chi connectivity index (χ2v) is 9.16. The third-order valence-electron chi connectivity index (χ3n) is 4.11. The molecule has 0 bridgehead atoms. The molecule has 0 radical (unpaired) electrons. The van der Waals surface area contributed by atoms with E-state index in [4.69, 9.17) is 16.3 Å². The number of hydrogen-bond acceptors (Lipinski definition) is 4. The second-order valence-electron chi connectivity index (χ2n) is 6.64. The summed E-state index contributed by atoms with van der Waals surface area (Å²) in [6.45, 7) is 8.01. The van der Waals surface area contributed by atoms with Crippen LogP contribution in [0.5, 0.6) is 0 Å². The van der Waals surface area contributed by atoms with Crippen LogP contribution in [0.15, 0.2) is 29.3 Å². The molecule has 2 rings (SSSR count). The number of morpholine rings is 1. The van der Waals surface area contributed by atoms with Gasteiger partial charge in [0.15, 0.2) is 5.96 Å². The molecule has 160 valence electrons. The molecule has 1 aliphatic rings. The van der Waals surface area contributed by atoms with Crippen molar-refractivity contribution in [3.63, 3.8) is 0 Å². The topological polar surface area (TPSA) is 83.0 Å². The van der Waals surface area contributed by atoms with Crippen molar-refractivity contribution in [3.05, 3.63) is 34.9 Å². The number of aliphatic imine (C=N–C) groups is 1. The third kappa shape index (κ3) is 8.40. The normalized spacial score (nSPS) is 21.1. The van der Waals surface area contributed by atoms with Gasteiger partial charge in [0.2, 0.25) is 10.0 Å². The lowest BCUT2D eigenvalue weighted by atomic mass is 10.2. The highest BCUT2D eigenvalue weighted by atomic mass is 127. The molecule has 28 heavy (non-hydrogen) atoms. The number of benzene rings is 1. The standard InChI is InChI=1S/C18H29ClN4O3S.HI/c1-4-20-18(22-11-16-5-7-17(19)8-6-16)21-9-10-27(24,25)23-12-14(2)26-15(3)13-23;/h5-8,14-15H,4,9-13H2,1-3H3,(H2,20,21,22);1H. The van der Waals surface area contributed by atoms with E-state index < -0.39 is 10.0 Å². The van der Waals surface area contributed by atoms with E-state index in [2.05, 4.69) is 15.6 Å². The third-order valence-corrected chi connectivity index (χ3v) is 6.17. The van der Waals surface area contributed by atoms with Crippen LogP contribution in [0.1, 0.15) is 26.3 Å². The van der Waals surface area contributed by atoms with Crippen molar-refractivity contribution < 1.29 is 13.2 Å². The fraction of sp³-hybridized carbons (Fsp3) is 0.611. The van der Waals surface area contributed by atoms with Gasteiger partial charge in [0, 0.05) is 31.2 Å². The summed E-state index contributed by atoms with van der Waals surface area (Å²) in [6, 6.07) is 7.48. The van der Waals surface area contributed by atoms with Crippen molar-refractivity contribution in [3.8, 4) is 0 Å². The first-order valence-electron chi connectivity index (χ1n) is 9.20. The van der Waals surface area contributed by atoms with Gasteiger partial charge in [-0.2, -0.15) is 4.31 Å². The van der Waals surface area contributed by atoms with E-state index >= 15 is 0 Å². The molecule has 0 saturated carbocycles. The van der Waals surface area contributed by atoms with Gasteiger partial charge < -0.3 is 15.4 Å². The lowest BCUT2D eigenvalue weighted by Gasteiger charge is -2.34. The minimum atomic E-state index is -3.34. The molecule has 0 aromatic heterocycles. The number of ether oxygens (including phenoxy) is 1. The van der Waals surface area contributed by atoms with Gasteiger partial charge in [0.1, 0.15) is 0 Å². The molecule has 0 amide bonds. The predicted molar refractivity (Wildman–Crippen MR) is 125 cm³/mol. The highest BCUT2D eigenvalue weighted by molar-refractivity contribution is 14.0. The molecule has 2 atom stereocenters. The maximum atomic E-state index is 12.6. The first-order valence-corrected chi connectivity index (χ1v) is 11.2. The molecule has 1 heterocycles. The van der Waals surface area contributed by atoms with E-state index in [9.17, 15) is 8.42 Å². The summed E-state index contributed by atoms with van der Waals surface area (Å²) in [5.74, 6) is 0.601. The van der Waals surface area contributed by atoms with Crippen LogP contribution in [-0.2, 0) is 21.3 Å². The molecule has 1 fully saturated rings. The van der Waals surface area contributed by atoms with E-state index in [1.54, 1.807) is 0 Å². The molecule has 0 spiro atoms. The maximum Gasteiger partial charge on any atom is 0.216 e. The maximum absolute atomic E-state index is 12.6. The fourth-order valence-corrected chi connectivity index (χ4v) is 4.51. The second kappa shape index (κ2) is 12.2. The van der Waals surface area contributed by atoms with Gasteiger partial charge in [-0.25, -0.2) is 13.4 Å². The van der Waals surface area contributed by atoms with E-state index in [0.29, 0.717) is 37.2 Å². The molecule has 10 heteroatoms. The van der Waals surface area contributed by atoms with Gasteiger partial charge in [-0.3, -0.25) is 0 Å². The Kier molecular flexibility index (Phi) is 11.0. The number of rotatable bonds is 7. The van der Waals surface area contributed by atoms with E-state index in [0.717, 1.165) is 5.56 Å². The van der Waals surface area contributed by atoms with Gasteiger partial charge in [0.05, 0.1) is 24.5 Å². The SMILES string of the molecule is CCNC(=NCc1ccc(Cl)cc1)NCCS(=O)(=O)N1CC(C)OC(C)C1.I. The minimum absolute atomic E-state index is 0. The van der Waals surface area contributed by atoms with Crippen LogP contribution in [0.4, 0.5) is 0 Å². The number of nitrogens with zero attached hydrogens (tertiary/aromatic N) is 2. The van der Waals surface area contributed by atoms with E-state index in [1.165, 1.54) is 4.31 Å². The van der Waals surface area contributed by atoms with Crippen LogP contribution in [0.3, 0.4) is 0 Å². The molecule has 1 saturated heterocycles. The van der Waals surface area contributed by atoms with Crippen LogP contribution in [0, 0.1) is 0 Å². The Morgan fingerprint density at radius 2 is 1.82 bits per heavy atom. The smallest absolute Gasteiger partial charge is 0.216 e. The zero-order valence-electron chi connectivity index (χ0n) is 16.5.